The third-order valence-corrected chi connectivity index (χ3v) is 4.60. The molecule has 1 aliphatic heterocycles. The number of likely N-dealkylation sites (N-methyl/N-ethyl adjacent to an activating group) is 1. The molecule has 1 N–H and O–H groups in total. The van der Waals surface area contributed by atoms with E-state index in [9.17, 15) is 4.39 Å². The van der Waals surface area contributed by atoms with Crippen LogP contribution in [0.5, 0.6) is 0 Å². The van der Waals surface area contributed by atoms with Gasteiger partial charge >= 0.3 is 0 Å². The van der Waals surface area contributed by atoms with E-state index in [4.69, 9.17) is 4.74 Å². The number of hydrogen-bond donors (Lipinski definition) is 1. The molecule has 0 bridgehead atoms. The summed E-state index contributed by atoms with van der Waals surface area (Å²) < 4.78 is 19.6. The third kappa shape index (κ3) is 3.56. The Morgan fingerprint density at radius 1 is 1.53 bits per heavy atom. The van der Waals surface area contributed by atoms with Crippen LogP contribution in [0.4, 0.5) is 4.39 Å². The lowest BCUT2D eigenvalue weighted by molar-refractivity contribution is 0.0783. The molecule has 0 amide bonds. The SMILES string of the molecule is CCC1OCCC1C(Cc1ccc(F)c(Br)c1)NC. The van der Waals surface area contributed by atoms with E-state index in [1.165, 1.54) is 6.07 Å². The molecule has 106 valence electrons. The quantitative estimate of drug-likeness (QED) is 0.892. The second-order valence-electron chi connectivity index (χ2n) is 5.12. The normalized spacial score (nSPS) is 24.6. The fourth-order valence-corrected chi connectivity index (χ4v) is 3.36. The van der Waals surface area contributed by atoms with Crippen LogP contribution < -0.4 is 5.32 Å². The Balaban J connectivity index is 2.08. The van der Waals surface area contributed by atoms with Gasteiger partial charge in [0.15, 0.2) is 0 Å². The molecule has 4 heteroatoms. The molecular formula is C15H21BrFNO. The zero-order chi connectivity index (χ0) is 13.8. The second-order valence-corrected chi connectivity index (χ2v) is 5.97. The zero-order valence-corrected chi connectivity index (χ0v) is 13.0. The maximum Gasteiger partial charge on any atom is 0.137 e. The van der Waals surface area contributed by atoms with Gasteiger partial charge < -0.3 is 10.1 Å². The average molecular weight is 330 g/mol. The molecule has 0 aliphatic carbocycles. The molecule has 1 aromatic carbocycles. The fraction of sp³-hybridized carbons (Fsp3) is 0.600. The highest BCUT2D eigenvalue weighted by atomic mass is 79.9. The molecule has 0 radical (unpaired) electrons. The van der Waals surface area contributed by atoms with Gasteiger partial charge in [0.2, 0.25) is 0 Å². The number of benzene rings is 1. The summed E-state index contributed by atoms with van der Waals surface area (Å²) in [6, 6.07) is 5.64. The van der Waals surface area contributed by atoms with Crippen molar-refractivity contribution >= 4 is 15.9 Å². The van der Waals surface area contributed by atoms with Gasteiger partial charge in [-0.1, -0.05) is 13.0 Å². The molecule has 19 heavy (non-hydrogen) atoms. The molecule has 1 fully saturated rings. The van der Waals surface area contributed by atoms with Gasteiger partial charge in [0.1, 0.15) is 5.82 Å². The van der Waals surface area contributed by atoms with Crippen molar-refractivity contribution in [3.05, 3.63) is 34.1 Å². The van der Waals surface area contributed by atoms with Crippen LogP contribution in [-0.2, 0) is 11.2 Å². The summed E-state index contributed by atoms with van der Waals surface area (Å²) in [5.41, 5.74) is 1.15. The van der Waals surface area contributed by atoms with Crippen molar-refractivity contribution in [1.82, 2.24) is 5.32 Å². The van der Waals surface area contributed by atoms with E-state index in [0.717, 1.165) is 31.4 Å². The Hall–Kier alpha value is -0.450. The van der Waals surface area contributed by atoms with Gasteiger partial charge in [-0.3, -0.25) is 0 Å². The van der Waals surface area contributed by atoms with Crippen LogP contribution in [-0.4, -0.2) is 25.8 Å². The van der Waals surface area contributed by atoms with Gasteiger partial charge in [-0.2, -0.15) is 0 Å². The van der Waals surface area contributed by atoms with Gasteiger partial charge in [0.05, 0.1) is 10.6 Å². The summed E-state index contributed by atoms with van der Waals surface area (Å²) in [6.07, 6.45) is 3.41. The van der Waals surface area contributed by atoms with Crippen molar-refractivity contribution in [2.24, 2.45) is 5.92 Å². The number of ether oxygens (including phenoxy) is 1. The summed E-state index contributed by atoms with van der Waals surface area (Å²) >= 11 is 3.25. The van der Waals surface area contributed by atoms with Gasteiger partial charge in [-0.25, -0.2) is 4.39 Å². The highest BCUT2D eigenvalue weighted by Gasteiger charge is 2.32. The van der Waals surface area contributed by atoms with Gasteiger partial charge in [-0.05, 0) is 59.9 Å². The lowest BCUT2D eigenvalue weighted by atomic mass is 9.87. The summed E-state index contributed by atoms with van der Waals surface area (Å²) in [5, 5.41) is 3.40. The molecule has 1 aromatic rings. The molecular weight excluding hydrogens is 309 g/mol. The zero-order valence-electron chi connectivity index (χ0n) is 11.5. The standard InChI is InChI=1S/C15H21BrFNO/c1-3-15-11(6-7-19-15)14(18-2)9-10-4-5-13(17)12(16)8-10/h4-5,8,11,14-15,18H,3,6-7,9H2,1-2H3. The van der Waals surface area contributed by atoms with E-state index in [0.29, 0.717) is 22.5 Å². The summed E-state index contributed by atoms with van der Waals surface area (Å²) in [4.78, 5) is 0. The maximum absolute atomic E-state index is 13.3. The number of nitrogens with one attached hydrogen (secondary N) is 1. The molecule has 0 spiro atoms. The van der Waals surface area contributed by atoms with E-state index in [-0.39, 0.29) is 5.82 Å². The average Bonchev–Trinajstić information content (AvgIpc) is 2.88. The summed E-state index contributed by atoms with van der Waals surface area (Å²) in [5.74, 6) is 0.333. The van der Waals surface area contributed by atoms with Crippen molar-refractivity contribution in [2.45, 2.75) is 38.3 Å². The van der Waals surface area contributed by atoms with E-state index in [1.807, 2.05) is 19.2 Å². The van der Waals surface area contributed by atoms with Crippen molar-refractivity contribution < 1.29 is 9.13 Å². The number of hydrogen-bond acceptors (Lipinski definition) is 2. The van der Waals surface area contributed by atoms with E-state index < -0.39 is 0 Å². The van der Waals surface area contributed by atoms with Crippen LogP contribution in [0.25, 0.3) is 0 Å². The molecule has 0 saturated carbocycles. The van der Waals surface area contributed by atoms with E-state index in [1.54, 1.807) is 0 Å². The van der Waals surface area contributed by atoms with Crippen LogP contribution in [0.3, 0.4) is 0 Å². The molecule has 1 heterocycles. The van der Waals surface area contributed by atoms with Crippen LogP contribution in [0.2, 0.25) is 0 Å². The van der Waals surface area contributed by atoms with Crippen molar-refractivity contribution in [2.75, 3.05) is 13.7 Å². The van der Waals surface area contributed by atoms with E-state index >= 15 is 0 Å². The number of halogens is 2. The smallest absolute Gasteiger partial charge is 0.137 e. The largest absolute Gasteiger partial charge is 0.378 e. The predicted octanol–water partition coefficient (Wildman–Crippen LogP) is 3.53. The van der Waals surface area contributed by atoms with Crippen molar-refractivity contribution in [3.8, 4) is 0 Å². The first-order valence-corrected chi connectivity index (χ1v) is 7.67. The molecule has 0 aromatic heterocycles. The maximum atomic E-state index is 13.3. The van der Waals surface area contributed by atoms with Gasteiger partial charge in [0, 0.05) is 18.6 Å². The highest BCUT2D eigenvalue weighted by molar-refractivity contribution is 9.10. The molecule has 1 saturated heterocycles. The first-order chi connectivity index (χ1) is 9.15. The van der Waals surface area contributed by atoms with E-state index in [2.05, 4.69) is 28.2 Å². The minimum Gasteiger partial charge on any atom is -0.378 e. The monoisotopic (exact) mass is 329 g/mol. The minimum absolute atomic E-state index is 0.208. The first-order valence-electron chi connectivity index (χ1n) is 6.88. The summed E-state index contributed by atoms with van der Waals surface area (Å²) in [7, 11) is 1.99. The van der Waals surface area contributed by atoms with Crippen LogP contribution >= 0.6 is 15.9 Å². The first kappa shape index (κ1) is 14.9. The fourth-order valence-electron chi connectivity index (χ4n) is 2.93. The Labute approximate surface area is 122 Å². The third-order valence-electron chi connectivity index (χ3n) is 3.99. The van der Waals surface area contributed by atoms with Crippen LogP contribution in [0, 0.1) is 11.7 Å². The Kier molecular flexibility index (Phi) is 5.37. The molecule has 2 nitrogen and oxygen atoms in total. The lowest BCUT2D eigenvalue weighted by Gasteiger charge is -2.27. The Morgan fingerprint density at radius 2 is 2.32 bits per heavy atom. The molecule has 1 aliphatic rings. The summed E-state index contributed by atoms with van der Waals surface area (Å²) in [6.45, 7) is 3.03. The topological polar surface area (TPSA) is 21.3 Å². The van der Waals surface area contributed by atoms with Crippen molar-refractivity contribution in [3.63, 3.8) is 0 Å². The number of rotatable bonds is 5. The van der Waals surface area contributed by atoms with Crippen LogP contribution in [0.1, 0.15) is 25.3 Å². The molecule has 2 rings (SSSR count). The highest BCUT2D eigenvalue weighted by Crippen LogP contribution is 2.28. The lowest BCUT2D eigenvalue weighted by Crippen LogP contribution is -2.39. The second kappa shape index (κ2) is 6.82. The minimum atomic E-state index is -0.208. The Bertz CT molecular complexity index is 427. The van der Waals surface area contributed by atoms with Gasteiger partial charge in [0.25, 0.3) is 0 Å². The Morgan fingerprint density at radius 3 is 2.95 bits per heavy atom. The molecule has 3 atom stereocenters. The van der Waals surface area contributed by atoms with Crippen LogP contribution in [0.15, 0.2) is 22.7 Å². The predicted molar refractivity (Wildman–Crippen MR) is 78.8 cm³/mol. The van der Waals surface area contributed by atoms with Crippen molar-refractivity contribution in [1.29, 1.82) is 0 Å². The molecule has 3 unspecified atom stereocenters. The van der Waals surface area contributed by atoms with Gasteiger partial charge in [-0.15, -0.1) is 0 Å².